The predicted molar refractivity (Wildman–Crippen MR) is 100 cm³/mol. The summed E-state index contributed by atoms with van der Waals surface area (Å²) in [6.45, 7) is 2.33. The summed E-state index contributed by atoms with van der Waals surface area (Å²) in [7, 11) is 0. The summed E-state index contributed by atoms with van der Waals surface area (Å²) in [6.07, 6.45) is 1.67. The number of hydrogen-bond donors (Lipinski definition) is 1. The summed E-state index contributed by atoms with van der Waals surface area (Å²) in [4.78, 5) is 12.9. The van der Waals surface area contributed by atoms with Gasteiger partial charge in [0.05, 0.1) is 18.8 Å². The van der Waals surface area contributed by atoms with Crippen LogP contribution < -0.4 is 14.9 Å². The SMILES string of the molecule is O=c1c(-c2ccc(OCC3CO3)cc2)coc2cc(OCC3CO3)cc(O)c12. The molecule has 2 aliphatic rings. The Kier molecular flexibility index (Phi) is 4.18. The lowest BCUT2D eigenvalue weighted by Crippen LogP contribution is -2.07. The third-order valence-electron chi connectivity index (χ3n) is 4.67. The molecule has 0 bridgehead atoms. The molecule has 0 saturated carbocycles. The zero-order chi connectivity index (χ0) is 19.1. The predicted octanol–water partition coefficient (Wildman–Crippen LogP) is 2.72. The molecule has 7 nitrogen and oxygen atoms in total. The molecule has 2 aliphatic heterocycles. The van der Waals surface area contributed by atoms with E-state index in [-0.39, 0.29) is 34.4 Å². The first-order valence-corrected chi connectivity index (χ1v) is 9.05. The summed E-state index contributed by atoms with van der Waals surface area (Å²) in [6, 6.07) is 10.2. The van der Waals surface area contributed by atoms with Crippen LogP contribution in [0.2, 0.25) is 0 Å². The fourth-order valence-electron chi connectivity index (χ4n) is 2.93. The zero-order valence-electron chi connectivity index (χ0n) is 14.9. The lowest BCUT2D eigenvalue weighted by atomic mass is 10.0. The van der Waals surface area contributed by atoms with Gasteiger partial charge in [-0.25, -0.2) is 0 Å². The van der Waals surface area contributed by atoms with E-state index in [2.05, 4.69) is 0 Å². The largest absolute Gasteiger partial charge is 0.507 e. The lowest BCUT2D eigenvalue weighted by molar-refractivity contribution is 0.262. The zero-order valence-corrected chi connectivity index (χ0v) is 14.9. The van der Waals surface area contributed by atoms with Crippen molar-refractivity contribution in [2.45, 2.75) is 12.2 Å². The van der Waals surface area contributed by atoms with Gasteiger partial charge in [-0.15, -0.1) is 0 Å². The summed E-state index contributed by atoms with van der Waals surface area (Å²) in [5, 5.41) is 10.5. The van der Waals surface area contributed by atoms with Crippen LogP contribution in [0.4, 0.5) is 0 Å². The van der Waals surface area contributed by atoms with Crippen molar-refractivity contribution < 1.29 is 28.5 Å². The Balaban J connectivity index is 1.42. The van der Waals surface area contributed by atoms with Gasteiger partial charge in [0.15, 0.2) is 0 Å². The average Bonchev–Trinajstić information content (AvgIpc) is 3.61. The number of phenolic OH excluding ortho intramolecular Hbond substituents is 1. The standard InChI is InChI=1S/C21H18O7/c22-18-5-14(25-8-16-10-27-16)6-19-20(18)21(23)17(11-28-19)12-1-3-13(4-2-12)24-7-15-9-26-15/h1-6,11,15-16,22H,7-10H2. The summed E-state index contributed by atoms with van der Waals surface area (Å²) in [5.74, 6) is 0.954. The highest BCUT2D eigenvalue weighted by Crippen LogP contribution is 2.31. The highest BCUT2D eigenvalue weighted by atomic mass is 16.6. The van der Waals surface area contributed by atoms with E-state index in [0.717, 1.165) is 6.61 Å². The number of epoxide rings is 2. The molecule has 0 radical (unpaired) electrons. The molecule has 2 atom stereocenters. The molecule has 28 heavy (non-hydrogen) atoms. The molecule has 3 aromatic rings. The van der Waals surface area contributed by atoms with Crippen molar-refractivity contribution >= 4 is 11.0 Å². The third kappa shape index (κ3) is 3.54. The molecule has 1 aromatic heterocycles. The molecule has 7 heteroatoms. The number of aromatic hydroxyl groups is 1. The molecule has 2 saturated heterocycles. The minimum absolute atomic E-state index is 0.0935. The fourth-order valence-corrected chi connectivity index (χ4v) is 2.93. The molecule has 0 spiro atoms. The smallest absolute Gasteiger partial charge is 0.204 e. The molecule has 0 aliphatic carbocycles. The number of rotatable bonds is 7. The van der Waals surface area contributed by atoms with Gasteiger partial charge in [-0.05, 0) is 17.7 Å². The maximum absolute atomic E-state index is 12.9. The van der Waals surface area contributed by atoms with Crippen LogP contribution in [-0.4, -0.2) is 43.7 Å². The van der Waals surface area contributed by atoms with Crippen molar-refractivity contribution in [1.82, 2.24) is 0 Å². The van der Waals surface area contributed by atoms with E-state index in [0.29, 0.717) is 42.4 Å². The number of ether oxygens (including phenoxy) is 4. The van der Waals surface area contributed by atoms with Crippen molar-refractivity contribution in [2.75, 3.05) is 26.4 Å². The van der Waals surface area contributed by atoms with Gasteiger partial charge in [0.1, 0.15) is 59.9 Å². The molecule has 3 heterocycles. The summed E-state index contributed by atoms with van der Waals surface area (Å²) >= 11 is 0. The first-order valence-electron chi connectivity index (χ1n) is 9.05. The van der Waals surface area contributed by atoms with Crippen LogP contribution in [0.25, 0.3) is 22.1 Å². The number of phenols is 1. The van der Waals surface area contributed by atoms with Crippen LogP contribution in [0.3, 0.4) is 0 Å². The summed E-state index contributed by atoms with van der Waals surface area (Å²) < 4.78 is 27.0. The van der Waals surface area contributed by atoms with Gasteiger partial charge in [0, 0.05) is 12.1 Å². The number of benzene rings is 2. The second-order valence-corrected chi connectivity index (χ2v) is 6.85. The first kappa shape index (κ1) is 17.1. The van der Waals surface area contributed by atoms with Crippen molar-refractivity contribution in [3.05, 3.63) is 52.9 Å². The van der Waals surface area contributed by atoms with Crippen LogP contribution in [0, 0.1) is 0 Å². The van der Waals surface area contributed by atoms with Gasteiger partial charge in [-0.3, -0.25) is 4.79 Å². The number of hydrogen-bond acceptors (Lipinski definition) is 7. The van der Waals surface area contributed by atoms with E-state index in [9.17, 15) is 9.90 Å². The minimum atomic E-state index is -0.309. The first-order chi connectivity index (χ1) is 13.7. The van der Waals surface area contributed by atoms with E-state index in [1.807, 2.05) is 0 Å². The molecule has 2 fully saturated rings. The Morgan fingerprint density at radius 2 is 1.61 bits per heavy atom. The van der Waals surface area contributed by atoms with Crippen molar-refractivity contribution in [1.29, 1.82) is 0 Å². The van der Waals surface area contributed by atoms with Gasteiger partial charge in [-0.1, -0.05) is 12.1 Å². The van der Waals surface area contributed by atoms with E-state index in [4.69, 9.17) is 23.4 Å². The van der Waals surface area contributed by atoms with Gasteiger partial charge >= 0.3 is 0 Å². The molecule has 2 aromatic carbocycles. The van der Waals surface area contributed by atoms with Gasteiger partial charge in [0.2, 0.25) is 5.43 Å². The van der Waals surface area contributed by atoms with E-state index < -0.39 is 0 Å². The second-order valence-electron chi connectivity index (χ2n) is 6.85. The molecular formula is C21H18O7. The fraction of sp³-hybridized carbons (Fsp3) is 0.286. The maximum atomic E-state index is 12.9. The normalized spacial score (nSPS) is 20.1. The molecule has 5 rings (SSSR count). The van der Waals surface area contributed by atoms with Crippen molar-refractivity contribution in [3.8, 4) is 28.4 Å². The maximum Gasteiger partial charge on any atom is 0.204 e. The third-order valence-corrected chi connectivity index (χ3v) is 4.67. The molecule has 0 amide bonds. The molecular weight excluding hydrogens is 364 g/mol. The molecule has 2 unspecified atom stereocenters. The second kappa shape index (κ2) is 6.85. The van der Waals surface area contributed by atoms with Crippen LogP contribution in [0.15, 0.2) is 51.9 Å². The Morgan fingerprint density at radius 3 is 2.25 bits per heavy atom. The Morgan fingerprint density at radius 1 is 0.964 bits per heavy atom. The van der Waals surface area contributed by atoms with E-state index >= 15 is 0 Å². The quantitative estimate of drug-likeness (QED) is 0.628. The molecule has 144 valence electrons. The monoisotopic (exact) mass is 382 g/mol. The van der Waals surface area contributed by atoms with E-state index in [1.165, 1.54) is 12.3 Å². The number of fused-ring (bicyclic) bond motifs is 1. The Labute approximate surface area is 160 Å². The van der Waals surface area contributed by atoms with Crippen molar-refractivity contribution in [3.63, 3.8) is 0 Å². The lowest BCUT2D eigenvalue weighted by Gasteiger charge is -2.09. The average molecular weight is 382 g/mol. The molecule has 1 N–H and O–H groups in total. The topological polar surface area (TPSA) is 94.0 Å². The Hall–Kier alpha value is -3.03. The van der Waals surface area contributed by atoms with Crippen LogP contribution in [0.5, 0.6) is 17.2 Å². The van der Waals surface area contributed by atoms with Crippen LogP contribution >= 0.6 is 0 Å². The van der Waals surface area contributed by atoms with Crippen LogP contribution in [-0.2, 0) is 9.47 Å². The van der Waals surface area contributed by atoms with Gasteiger partial charge in [-0.2, -0.15) is 0 Å². The van der Waals surface area contributed by atoms with Crippen molar-refractivity contribution in [2.24, 2.45) is 0 Å². The summed E-state index contributed by atoms with van der Waals surface area (Å²) in [5.41, 5.74) is 0.997. The highest BCUT2D eigenvalue weighted by molar-refractivity contribution is 5.88. The highest BCUT2D eigenvalue weighted by Gasteiger charge is 2.24. The van der Waals surface area contributed by atoms with Crippen LogP contribution in [0.1, 0.15) is 0 Å². The Bertz CT molecular complexity index is 1060. The van der Waals surface area contributed by atoms with Gasteiger partial charge < -0.3 is 28.5 Å². The van der Waals surface area contributed by atoms with E-state index in [1.54, 1.807) is 30.3 Å². The minimum Gasteiger partial charge on any atom is -0.507 e. The van der Waals surface area contributed by atoms with Gasteiger partial charge in [0.25, 0.3) is 0 Å².